The second-order valence-electron chi connectivity index (χ2n) is 4.14. The molecule has 2 rings (SSSR count). The number of thiophene rings is 1. The molecule has 0 spiro atoms. The highest BCUT2D eigenvalue weighted by Crippen LogP contribution is 2.19. The second-order valence-corrected chi connectivity index (χ2v) is 8.48. The van der Waals surface area contributed by atoms with Crippen molar-refractivity contribution in [2.75, 3.05) is 0 Å². The minimum atomic E-state index is -4.43. The molecule has 1 unspecified atom stereocenters. The van der Waals surface area contributed by atoms with Crippen LogP contribution in [-0.4, -0.2) is 21.8 Å². The van der Waals surface area contributed by atoms with Crippen LogP contribution in [0, 0.1) is 0 Å². The van der Waals surface area contributed by atoms with Gasteiger partial charge in [-0.2, -0.15) is 4.72 Å². The van der Waals surface area contributed by atoms with Crippen molar-refractivity contribution in [3.8, 4) is 0 Å². The molecule has 1 radical (unpaired) electrons. The lowest BCUT2D eigenvalue weighted by Gasteiger charge is -2.15. The van der Waals surface area contributed by atoms with E-state index in [-0.39, 0.29) is 11.4 Å². The molecule has 10 heteroatoms. The van der Waals surface area contributed by atoms with Crippen molar-refractivity contribution < 1.29 is 16.8 Å². The smallest absolute Gasteiger partial charge is 0.248 e. The van der Waals surface area contributed by atoms with Crippen LogP contribution in [0.4, 0.5) is 0 Å². The molecule has 0 amide bonds. The molecule has 1 atom stereocenters. The summed E-state index contributed by atoms with van der Waals surface area (Å²) in [7, 11) is -8.34. The van der Waals surface area contributed by atoms with Crippen LogP contribution < -0.4 is 9.86 Å². The van der Waals surface area contributed by atoms with E-state index in [1.807, 2.05) is 4.72 Å². The number of sulfonamides is 2. The topological polar surface area (TPSA) is 117 Å². The Morgan fingerprint density at radius 1 is 1.19 bits per heavy atom. The maximum atomic E-state index is 12.0. The van der Waals surface area contributed by atoms with E-state index in [0.717, 1.165) is 0 Å². The van der Waals surface area contributed by atoms with Gasteiger partial charge in [0.05, 0.1) is 11.4 Å². The first kappa shape index (κ1) is 16.0. The van der Waals surface area contributed by atoms with Crippen LogP contribution in [0.3, 0.4) is 0 Å². The van der Waals surface area contributed by atoms with Crippen LogP contribution in [-0.2, 0) is 25.8 Å². The second kappa shape index (κ2) is 6.20. The van der Waals surface area contributed by atoms with E-state index in [1.165, 1.54) is 29.7 Å². The Hall–Kier alpha value is -1.33. The van der Waals surface area contributed by atoms with Crippen LogP contribution in [0.15, 0.2) is 41.9 Å². The lowest BCUT2D eigenvalue weighted by molar-refractivity contribution is 0.555. The van der Waals surface area contributed by atoms with E-state index in [4.69, 9.17) is 5.14 Å². The normalized spacial score (nSPS) is 14.0. The van der Waals surface area contributed by atoms with E-state index < -0.39 is 25.4 Å². The van der Waals surface area contributed by atoms with Gasteiger partial charge in [-0.3, -0.25) is 4.98 Å². The summed E-state index contributed by atoms with van der Waals surface area (Å²) in [6, 6.07) is 7.78. The Morgan fingerprint density at radius 3 is 2.48 bits per heavy atom. The first-order valence-electron chi connectivity index (χ1n) is 5.70. The number of hydrogen-bond donors (Lipinski definition) is 1. The summed E-state index contributed by atoms with van der Waals surface area (Å²) in [6.45, 7) is 0. The van der Waals surface area contributed by atoms with Crippen molar-refractivity contribution in [3.63, 3.8) is 0 Å². The first-order valence-corrected chi connectivity index (χ1v) is 9.77. The number of aromatic nitrogens is 1. The number of hydrogen-bond acceptors (Lipinski definition) is 6. The zero-order chi connectivity index (χ0) is 15.5. The SMILES string of the molecule is [NH]S(=O)(=O)C(NS(=O)(=O)Cc1cccs1)c1ccccn1. The standard InChI is InChI=1S/C11H12N3O4S3/c12-21(17,18)11(10-5-1-2-6-13-10)14-20(15,16)8-9-4-3-7-19-9/h1-7,11-12,14H,8H2. The molecule has 113 valence electrons. The van der Waals surface area contributed by atoms with Crippen LogP contribution in [0.25, 0.3) is 0 Å². The van der Waals surface area contributed by atoms with Gasteiger partial charge in [-0.15, -0.1) is 16.5 Å². The van der Waals surface area contributed by atoms with Crippen molar-refractivity contribution in [1.29, 1.82) is 0 Å². The largest absolute Gasteiger partial charge is 0.258 e. The quantitative estimate of drug-likeness (QED) is 0.833. The third-order valence-electron chi connectivity index (χ3n) is 2.47. The van der Waals surface area contributed by atoms with Crippen LogP contribution >= 0.6 is 11.3 Å². The molecular formula is C11H12N3O4S3. The fraction of sp³-hybridized carbons (Fsp3) is 0.182. The average Bonchev–Trinajstić information content (AvgIpc) is 2.88. The summed E-state index contributed by atoms with van der Waals surface area (Å²) in [4.78, 5) is 4.38. The van der Waals surface area contributed by atoms with Crippen molar-refractivity contribution in [2.45, 2.75) is 11.1 Å². The molecule has 0 aromatic carbocycles. The maximum Gasteiger partial charge on any atom is 0.248 e. The number of pyridine rings is 1. The Labute approximate surface area is 126 Å². The highest BCUT2D eigenvalue weighted by Gasteiger charge is 2.30. The summed E-state index contributed by atoms with van der Waals surface area (Å²) in [5.41, 5.74) is -0.0396. The Morgan fingerprint density at radius 2 is 1.95 bits per heavy atom. The zero-order valence-electron chi connectivity index (χ0n) is 10.6. The fourth-order valence-electron chi connectivity index (χ4n) is 1.60. The van der Waals surface area contributed by atoms with Gasteiger partial charge in [0.25, 0.3) is 0 Å². The molecule has 21 heavy (non-hydrogen) atoms. The minimum absolute atomic E-state index is 0.0396. The molecule has 2 heterocycles. The lowest BCUT2D eigenvalue weighted by atomic mass is 10.3. The molecule has 2 aromatic heterocycles. The predicted molar refractivity (Wildman–Crippen MR) is 79.1 cm³/mol. The van der Waals surface area contributed by atoms with E-state index >= 15 is 0 Å². The Balaban J connectivity index is 2.28. The van der Waals surface area contributed by atoms with Gasteiger partial charge < -0.3 is 0 Å². The molecule has 0 saturated heterocycles. The first-order chi connectivity index (χ1) is 9.78. The molecule has 0 aliphatic carbocycles. The van der Waals surface area contributed by atoms with Gasteiger partial charge in [0.15, 0.2) is 5.37 Å². The molecule has 0 aliphatic rings. The Kier molecular flexibility index (Phi) is 4.74. The average molecular weight is 346 g/mol. The van der Waals surface area contributed by atoms with Gasteiger partial charge in [-0.25, -0.2) is 16.8 Å². The summed E-state index contributed by atoms with van der Waals surface area (Å²) in [6.07, 6.45) is 1.33. The third kappa shape index (κ3) is 4.58. The number of rotatable bonds is 6. The number of nitrogens with one attached hydrogen (secondary N) is 2. The predicted octanol–water partition coefficient (Wildman–Crippen LogP) is 0.874. The van der Waals surface area contributed by atoms with E-state index in [9.17, 15) is 16.8 Å². The van der Waals surface area contributed by atoms with E-state index in [2.05, 4.69) is 4.98 Å². The van der Waals surface area contributed by atoms with Gasteiger partial charge in [-0.1, -0.05) is 12.1 Å². The van der Waals surface area contributed by atoms with Gasteiger partial charge in [0.1, 0.15) is 0 Å². The van der Waals surface area contributed by atoms with Gasteiger partial charge in [0, 0.05) is 11.1 Å². The maximum absolute atomic E-state index is 12.0. The van der Waals surface area contributed by atoms with E-state index in [0.29, 0.717) is 4.88 Å². The summed E-state index contributed by atoms with van der Waals surface area (Å²) in [5, 5.41) is 7.17. The third-order valence-corrected chi connectivity index (χ3v) is 5.94. The molecule has 0 fully saturated rings. The van der Waals surface area contributed by atoms with Crippen molar-refractivity contribution in [3.05, 3.63) is 52.5 Å². The van der Waals surface area contributed by atoms with Gasteiger partial charge in [-0.05, 0) is 23.6 Å². The fourth-order valence-corrected chi connectivity index (χ4v) is 5.23. The Bertz CT molecular complexity index is 787. The monoisotopic (exact) mass is 346 g/mol. The van der Waals surface area contributed by atoms with Crippen molar-refractivity contribution in [1.82, 2.24) is 14.8 Å². The molecule has 2 N–H and O–H groups in total. The molecule has 0 bridgehead atoms. The van der Waals surface area contributed by atoms with Crippen LogP contribution in [0.1, 0.15) is 15.9 Å². The van der Waals surface area contributed by atoms with Crippen molar-refractivity contribution in [2.24, 2.45) is 0 Å². The summed E-state index contributed by atoms with van der Waals surface area (Å²) >= 11 is 1.25. The molecule has 2 aromatic rings. The zero-order valence-corrected chi connectivity index (χ0v) is 13.1. The highest BCUT2D eigenvalue weighted by molar-refractivity contribution is 7.92. The van der Waals surface area contributed by atoms with Crippen LogP contribution in [0.2, 0.25) is 0 Å². The summed E-state index contributed by atoms with van der Waals surface area (Å²) < 4.78 is 49.2. The minimum Gasteiger partial charge on any atom is -0.258 e. The highest BCUT2D eigenvalue weighted by atomic mass is 32.2. The van der Waals surface area contributed by atoms with Gasteiger partial charge >= 0.3 is 0 Å². The van der Waals surface area contributed by atoms with E-state index in [1.54, 1.807) is 23.6 Å². The number of nitrogens with zero attached hydrogens (tertiary/aromatic N) is 1. The lowest BCUT2D eigenvalue weighted by Crippen LogP contribution is -2.35. The molecular weight excluding hydrogens is 334 g/mol. The molecule has 0 aliphatic heterocycles. The molecule has 7 nitrogen and oxygen atoms in total. The van der Waals surface area contributed by atoms with Crippen molar-refractivity contribution >= 4 is 31.4 Å². The summed E-state index contributed by atoms with van der Waals surface area (Å²) in [5.74, 6) is -0.344. The van der Waals surface area contributed by atoms with Crippen LogP contribution in [0.5, 0.6) is 0 Å². The van der Waals surface area contributed by atoms with Gasteiger partial charge in [0.2, 0.25) is 20.0 Å². The molecule has 0 saturated carbocycles.